The van der Waals surface area contributed by atoms with Crippen molar-refractivity contribution in [2.75, 3.05) is 5.32 Å². The van der Waals surface area contributed by atoms with Gasteiger partial charge in [0.25, 0.3) is 0 Å². The molecule has 0 atom stereocenters. The summed E-state index contributed by atoms with van der Waals surface area (Å²) >= 11 is 1.73. The van der Waals surface area contributed by atoms with Crippen LogP contribution < -0.4 is 5.32 Å². The van der Waals surface area contributed by atoms with Crippen LogP contribution in [0, 0.1) is 5.92 Å². The third-order valence-electron chi connectivity index (χ3n) is 5.72. The molecular formula is C23H28N8OS. The van der Waals surface area contributed by atoms with Crippen LogP contribution in [-0.2, 0) is 6.61 Å². The molecule has 0 bridgehead atoms. The van der Waals surface area contributed by atoms with E-state index < -0.39 is 0 Å². The van der Waals surface area contributed by atoms with Gasteiger partial charge in [0.1, 0.15) is 24.1 Å². The largest absolute Gasteiger partial charge is 0.388 e. The van der Waals surface area contributed by atoms with E-state index in [-0.39, 0.29) is 6.61 Å². The molecule has 10 heteroatoms. The smallest absolute Gasteiger partial charge is 0.164 e. The van der Waals surface area contributed by atoms with E-state index in [1.54, 1.807) is 42.7 Å². The second-order valence-corrected chi connectivity index (χ2v) is 9.90. The van der Waals surface area contributed by atoms with Gasteiger partial charge in [0.2, 0.25) is 0 Å². The summed E-state index contributed by atoms with van der Waals surface area (Å²) in [5, 5.41) is 17.4. The molecule has 4 aromatic heterocycles. The fourth-order valence-corrected chi connectivity index (χ4v) is 4.67. The van der Waals surface area contributed by atoms with Crippen LogP contribution in [0.2, 0.25) is 0 Å². The number of aromatic amines is 1. The van der Waals surface area contributed by atoms with Gasteiger partial charge in [-0.1, -0.05) is 32.6 Å². The van der Waals surface area contributed by atoms with Crippen LogP contribution in [0.1, 0.15) is 51.3 Å². The summed E-state index contributed by atoms with van der Waals surface area (Å²) in [6.07, 6.45) is 15.6. The van der Waals surface area contributed by atoms with Gasteiger partial charge in [-0.15, -0.1) is 0 Å². The zero-order valence-corrected chi connectivity index (χ0v) is 19.4. The number of aliphatic hydroxyl groups is 1. The lowest BCUT2D eigenvalue weighted by Gasteiger charge is -2.05. The molecule has 2 aliphatic rings. The van der Waals surface area contributed by atoms with Crippen LogP contribution in [0.25, 0.3) is 22.4 Å². The minimum atomic E-state index is -0.139. The summed E-state index contributed by atoms with van der Waals surface area (Å²) in [5.41, 5.74) is 2.37. The number of pyridine rings is 1. The van der Waals surface area contributed by atoms with Crippen molar-refractivity contribution >= 4 is 34.6 Å². The minimum absolute atomic E-state index is 0.139. The highest BCUT2D eigenvalue weighted by Gasteiger charge is 2.23. The van der Waals surface area contributed by atoms with E-state index >= 15 is 0 Å². The molecule has 6 rings (SSSR count). The van der Waals surface area contributed by atoms with Gasteiger partial charge in [0.05, 0.1) is 29.0 Å². The predicted molar refractivity (Wildman–Crippen MR) is 130 cm³/mol. The number of rotatable bonds is 6. The molecule has 4 aromatic rings. The maximum Gasteiger partial charge on any atom is 0.164 e. The molecule has 4 heterocycles. The van der Waals surface area contributed by atoms with Crippen molar-refractivity contribution < 1.29 is 5.11 Å². The van der Waals surface area contributed by atoms with Crippen molar-refractivity contribution in [2.45, 2.75) is 57.3 Å². The summed E-state index contributed by atoms with van der Waals surface area (Å²) in [6, 6.07) is 3.58. The maximum absolute atomic E-state index is 9.18. The summed E-state index contributed by atoms with van der Waals surface area (Å²) in [7, 11) is 0. The Hall–Kier alpha value is -2.98. The molecule has 0 aliphatic heterocycles. The van der Waals surface area contributed by atoms with E-state index in [1.807, 2.05) is 10.3 Å². The molecule has 3 N–H and O–H groups in total. The van der Waals surface area contributed by atoms with E-state index in [0.717, 1.165) is 22.5 Å². The van der Waals surface area contributed by atoms with E-state index in [9.17, 15) is 5.11 Å². The molecule has 2 aliphatic carbocycles. The van der Waals surface area contributed by atoms with Crippen molar-refractivity contribution in [3.05, 3.63) is 42.7 Å². The highest BCUT2D eigenvalue weighted by Crippen LogP contribution is 2.35. The molecule has 0 amide bonds. The quantitative estimate of drug-likeness (QED) is 0.376. The molecule has 33 heavy (non-hydrogen) atoms. The summed E-state index contributed by atoms with van der Waals surface area (Å²) < 4.78 is 1.88. The number of aromatic nitrogens is 7. The molecule has 0 saturated heterocycles. The molecule has 0 aromatic carbocycles. The number of hydrogen-bond acceptors (Lipinski definition) is 8. The van der Waals surface area contributed by atoms with Gasteiger partial charge in [0, 0.05) is 23.7 Å². The van der Waals surface area contributed by atoms with E-state index in [1.165, 1.54) is 38.5 Å². The Morgan fingerprint density at radius 2 is 1.97 bits per heavy atom. The zero-order chi connectivity index (χ0) is 22.6. The Morgan fingerprint density at radius 1 is 1.12 bits per heavy atom. The van der Waals surface area contributed by atoms with Gasteiger partial charge in [-0.25, -0.2) is 24.0 Å². The van der Waals surface area contributed by atoms with Gasteiger partial charge in [0.15, 0.2) is 5.82 Å². The van der Waals surface area contributed by atoms with Crippen LogP contribution in [0.5, 0.6) is 0 Å². The average Bonchev–Trinajstić information content (AvgIpc) is 3.19. The Labute approximate surface area is 196 Å². The maximum atomic E-state index is 9.18. The van der Waals surface area contributed by atoms with Crippen LogP contribution in [0.15, 0.2) is 36.9 Å². The number of hydrogen-bond donors (Lipinski definition) is 3. The molecule has 0 radical (unpaired) electrons. The Bertz CT molecular complexity index is 1210. The molecule has 0 spiro atoms. The van der Waals surface area contributed by atoms with Gasteiger partial charge in [-0.05, 0) is 36.8 Å². The van der Waals surface area contributed by atoms with Crippen LogP contribution >= 0.6 is 11.9 Å². The molecule has 2 fully saturated rings. The number of imidazole rings is 1. The number of nitrogens with one attached hydrogen (secondary N) is 2. The summed E-state index contributed by atoms with van der Waals surface area (Å²) in [6.45, 7) is 2.20. The summed E-state index contributed by atoms with van der Waals surface area (Å²) in [5.74, 6) is 3.40. The Morgan fingerprint density at radius 3 is 2.70 bits per heavy atom. The number of fused-ring (bicyclic) bond motifs is 1. The minimum Gasteiger partial charge on any atom is -0.388 e. The second-order valence-electron chi connectivity index (χ2n) is 8.64. The highest BCUT2D eigenvalue weighted by atomic mass is 32.2. The first-order chi connectivity index (χ1) is 16.2. The van der Waals surface area contributed by atoms with E-state index in [4.69, 9.17) is 0 Å². The van der Waals surface area contributed by atoms with Gasteiger partial charge >= 0.3 is 0 Å². The van der Waals surface area contributed by atoms with Crippen LogP contribution in [-0.4, -0.2) is 44.5 Å². The van der Waals surface area contributed by atoms with Crippen molar-refractivity contribution in [1.29, 1.82) is 0 Å². The lowest BCUT2D eigenvalue weighted by molar-refractivity contribution is 0.273. The Kier molecular flexibility index (Phi) is 6.54. The number of anilines is 2. The molecule has 172 valence electrons. The third-order valence-corrected chi connectivity index (χ3v) is 6.91. The van der Waals surface area contributed by atoms with E-state index in [0.29, 0.717) is 28.5 Å². The zero-order valence-electron chi connectivity index (χ0n) is 18.6. The first kappa shape index (κ1) is 21.8. The van der Waals surface area contributed by atoms with Gasteiger partial charge in [-0.3, -0.25) is 0 Å². The third kappa shape index (κ3) is 5.69. The standard InChI is InChI=1S/C17H16N8OS.C6H12/c26-9-16-21-12-5-15(19-7-13(12)22-16)23-14-3-4-18-17(24-14)10-6-20-25(8-10)27-11-1-2-11;1-6-4-2-3-5-6/h3-8,11,26H,1-2,9H2,(H,21,22)(H,18,19,23,24);6H,2-5H2,1H3. The SMILES string of the molecule is CC1CCCC1.OCc1nc2cc(Nc3ccnc(-c4cnn(SC5CC5)c4)n3)ncc2[nH]1. The van der Waals surface area contributed by atoms with Gasteiger partial charge < -0.3 is 15.4 Å². The van der Waals surface area contributed by atoms with Crippen molar-refractivity contribution in [3.8, 4) is 11.4 Å². The highest BCUT2D eigenvalue weighted by molar-refractivity contribution is 7.98. The van der Waals surface area contributed by atoms with E-state index in [2.05, 4.69) is 42.3 Å². The molecule has 0 unspecified atom stereocenters. The second kappa shape index (κ2) is 9.88. The Balaban J connectivity index is 0.000000332. The average molecular weight is 465 g/mol. The summed E-state index contributed by atoms with van der Waals surface area (Å²) in [4.78, 5) is 20.5. The number of aliphatic hydroxyl groups excluding tert-OH is 1. The predicted octanol–water partition coefficient (Wildman–Crippen LogP) is 4.70. The number of nitrogens with zero attached hydrogens (tertiary/aromatic N) is 6. The normalized spacial score (nSPS) is 16.1. The van der Waals surface area contributed by atoms with Crippen molar-refractivity contribution in [1.82, 2.24) is 34.1 Å². The lowest BCUT2D eigenvalue weighted by atomic mass is 10.2. The van der Waals surface area contributed by atoms with Crippen LogP contribution in [0.3, 0.4) is 0 Å². The number of H-pyrrole nitrogens is 1. The fraction of sp³-hybridized carbons (Fsp3) is 0.435. The molecule has 9 nitrogen and oxygen atoms in total. The molecular weight excluding hydrogens is 436 g/mol. The molecule has 2 saturated carbocycles. The fourth-order valence-electron chi connectivity index (χ4n) is 3.74. The monoisotopic (exact) mass is 464 g/mol. The van der Waals surface area contributed by atoms with Crippen molar-refractivity contribution in [3.63, 3.8) is 0 Å². The van der Waals surface area contributed by atoms with Crippen LogP contribution in [0.4, 0.5) is 11.6 Å². The van der Waals surface area contributed by atoms with Crippen molar-refractivity contribution in [2.24, 2.45) is 5.92 Å². The lowest BCUT2D eigenvalue weighted by Crippen LogP contribution is -1.98. The first-order valence-electron chi connectivity index (χ1n) is 11.4. The topological polar surface area (TPSA) is 117 Å². The first-order valence-corrected chi connectivity index (χ1v) is 12.3. The van der Waals surface area contributed by atoms with Gasteiger partial charge in [-0.2, -0.15) is 5.10 Å².